The largest absolute Gasteiger partial charge is 0.507 e. The molecule has 8 heteroatoms. The number of aromatic nitrogens is 1. The van der Waals surface area contributed by atoms with Gasteiger partial charge >= 0.3 is 0 Å². The number of pyridine rings is 1. The van der Waals surface area contributed by atoms with E-state index in [1.165, 1.54) is 4.90 Å². The number of ether oxygens (including phenoxy) is 2. The third kappa shape index (κ3) is 4.06. The fourth-order valence-corrected chi connectivity index (χ4v) is 4.43. The highest BCUT2D eigenvalue weighted by Crippen LogP contribution is 2.41. The van der Waals surface area contributed by atoms with E-state index in [2.05, 4.69) is 27.6 Å². The van der Waals surface area contributed by atoms with Gasteiger partial charge in [-0.1, -0.05) is 18.2 Å². The molecule has 1 fully saturated rings. The van der Waals surface area contributed by atoms with Crippen molar-refractivity contribution in [3.05, 3.63) is 92.8 Å². The molecular formula is C25H19IN2O5. The Morgan fingerprint density at radius 1 is 1.06 bits per heavy atom. The van der Waals surface area contributed by atoms with Gasteiger partial charge in [0, 0.05) is 28.1 Å². The van der Waals surface area contributed by atoms with Crippen molar-refractivity contribution in [2.75, 3.05) is 13.2 Å². The maximum absolute atomic E-state index is 13.2. The summed E-state index contributed by atoms with van der Waals surface area (Å²) in [6.45, 7) is 1.03. The number of rotatable bonds is 4. The number of amides is 1. The Hall–Kier alpha value is -3.40. The molecule has 3 aromatic rings. The first-order chi connectivity index (χ1) is 16.0. The maximum atomic E-state index is 13.2. The molecule has 0 radical (unpaired) electrons. The third-order valence-corrected chi connectivity index (χ3v) is 6.34. The summed E-state index contributed by atoms with van der Waals surface area (Å²) in [6.07, 6.45) is 3.31. The molecule has 0 bridgehead atoms. The first-order valence-electron chi connectivity index (χ1n) is 10.4. The lowest BCUT2D eigenvalue weighted by Gasteiger charge is -2.25. The lowest BCUT2D eigenvalue weighted by Crippen LogP contribution is -2.29. The van der Waals surface area contributed by atoms with Crippen LogP contribution in [0, 0.1) is 3.57 Å². The second-order valence-corrected chi connectivity index (χ2v) is 8.94. The molecule has 1 aromatic heterocycles. The molecule has 33 heavy (non-hydrogen) atoms. The van der Waals surface area contributed by atoms with Crippen molar-refractivity contribution in [2.24, 2.45) is 0 Å². The molecule has 1 N–H and O–H groups in total. The summed E-state index contributed by atoms with van der Waals surface area (Å²) < 4.78 is 12.2. The molecule has 0 spiro atoms. The number of ketones is 1. The molecule has 0 aliphatic carbocycles. The predicted molar refractivity (Wildman–Crippen MR) is 129 cm³/mol. The highest BCUT2D eigenvalue weighted by molar-refractivity contribution is 14.1. The van der Waals surface area contributed by atoms with Gasteiger partial charge in [-0.3, -0.25) is 14.6 Å². The van der Waals surface area contributed by atoms with Crippen molar-refractivity contribution in [1.82, 2.24) is 9.88 Å². The standard InChI is InChI=1S/C25H19IN2O5/c26-18-6-3-16(4-7-18)22-21(23(29)17-5-8-19-20(12-17)33-11-10-32-19)24(30)25(31)28(22)14-15-2-1-9-27-13-15/h1-9,12-13,22,29H,10-11,14H2. The number of aliphatic hydroxyl groups is 1. The Labute approximate surface area is 203 Å². The van der Waals surface area contributed by atoms with Crippen LogP contribution in [0.25, 0.3) is 5.76 Å². The lowest BCUT2D eigenvalue weighted by atomic mass is 9.95. The zero-order chi connectivity index (χ0) is 22.9. The number of Topliss-reactive ketones (excluding diaryl/α,β-unsaturated/α-hetero) is 1. The van der Waals surface area contributed by atoms with Crippen molar-refractivity contribution in [2.45, 2.75) is 12.6 Å². The normalized spacial score (nSPS) is 19.1. The molecule has 166 valence electrons. The van der Waals surface area contributed by atoms with E-state index in [1.807, 2.05) is 30.3 Å². The molecule has 5 rings (SSSR count). The van der Waals surface area contributed by atoms with Crippen LogP contribution in [-0.4, -0.2) is 39.9 Å². The van der Waals surface area contributed by atoms with E-state index in [9.17, 15) is 14.7 Å². The van der Waals surface area contributed by atoms with Crippen LogP contribution in [0.2, 0.25) is 0 Å². The fourth-order valence-electron chi connectivity index (χ4n) is 4.07. The van der Waals surface area contributed by atoms with Crippen molar-refractivity contribution in [3.63, 3.8) is 0 Å². The quantitative estimate of drug-likeness (QED) is 0.227. The van der Waals surface area contributed by atoms with Crippen LogP contribution in [0.5, 0.6) is 11.5 Å². The summed E-state index contributed by atoms with van der Waals surface area (Å²) in [5.74, 6) is -0.580. The van der Waals surface area contributed by atoms with E-state index in [4.69, 9.17) is 9.47 Å². The monoisotopic (exact) mass is 554 g/mol. The average Bonchev–Trinajstić information content (AvgIpc) is 3.09. The average molecular weight is 554 g/mol. The number of halogens is 1. The summed E-state index contributed by atoms with van der Waals surface area (Å²) >= 11 is 2.20. The van der Waals surface area contributed by atoms with Crippen LogP contribution in [0.15, 0.2) is 72.6 Å². The number of carbonyl (C=O) groups excluding carboxylic acids is 2. The molecule has 2 aliphatic heterocycles. The molecule has 0 saturated carbocycles. The second kappa shape index (κ2) is 8.86. The summed E-state index contributed by atoms with van der Waals surface area (Å²) in [7, 11) is 0. The summed E-state index contributed by atoms with van der Waals surface area (Å²) in [5.41, 5.74) is 1.95. The Kier molecular flexibility index (Phi) is 5.76. The van der Waals surface area contributed by atoms with Crippen LogP contribution in [0.3, 0.4) is 0 Å². The molecule has 1 atom stereocenters. The van der Waals surface area contributed by atoms with Gasteiger partial charge in [0.15, 0.2) is 11.5 Å². The highest BCUT2D eigenvalue weighted by atomic mass is 127. The van der Waals surface area contributed by atoms with E-state index >= 15 is 0 Å². The Balaban J connectivity index is 1.63. The molecule has 7 nitrogen and oxygen atoms in total. The molecular weight excluding hydrogens is 535 g/mol. The summed E-state index contributed by atoms with van der Waals surface area (Å²) in [5, 5.41) is 11.2. The van der Waals surface area contributed by atoms with E-state index < -0.39 is 17.7 Å². The topological polar surface area (TPSA) is 89.0 Å². The fraction of sp³-hybridized carbons (Fsp3) is 0.160. The van der Waals surface area contributed by atoms with E-state index in [-0.39, 0.29) is 17.9 Å². The van der Waals surface area contributed by atoms with Crippen molar-refractivity contribution >= 4 is 40.0 Å². The maximum Gasteiger partial charge on any atom is 0.295 e. The molecule has 2 aliphatic rings. The van der Waals surface area contributed by atoms with Crippen molar-refractivity contribution in [3.8, 4) is 11.5 Å². The van der Waals surface area contributed by atoms with Crippen LogP contribution >= 0.6 is 22.6 Å². The van der Waals surface area contributed by atoms with E-state index in [1.54, 1.807) is 36.7 Å². The first kappa shape index (κ1) is 21.4. The number of nitrogens with zero attached hydrogens (tertiary/aromatic N) is 2. The zero-order valence-corrected chi connectivity index (χ0v) is 19.6. The Morgan fingerprint density at radius 3 is 2.55 bits per heavy atom. The second-order valence-electron chi connectivity index (χ2n) is 7.70. The molecule has 3 heterocycles. The number of likely N-dealkylation sites (tertiary alicyclic amines) is 1. The van der Waals surface area contributed by atoms with Gasteiger partial charge in [-0.25, -0.2) is 0 Å². The van der Waals surface area contributed by atoms with Crippen molar-refractivity contribution in [1.29, 1.82) is 0 Å². The molecule has 2 aromatic carbocycles. The first-order valence-corrected chi connectivity index (χ1v) is 11.4. The summed E-state index contributed by atoms with van der Waals surface area (Å²) in [4.78, 5) is 31.9. The minimum Gasteiger partial charge on any atom is -0.507 e. The van der Waals surface area contributed by atoms with E-state index in [0.29, 0.717) is 30.3 Å². The van der Waals surface area contributed by atoms with Gasteiger partial charge < -0.3 is 19.5 Å². The predicted octanol–water partition coefficient (Wildman–Crippen LogP) is 4.08. The van der Waals surface area contributed by atoms with Gasteiger partial charge in [-0.05, 0) is 70.1 Å². The van der Waals surface area contributed by atoms with E-state index in [0.717, 1.165) is 14.7 Å². The van der Waals surface area contributed by atoms with Crippen molar-refractivity contribution < 1.29 is 24.2 Å². The number of fused-ring (bicyclic) bond motifs is 1. The van der Waals surface area contributed by atoms with Gasteiger partial charge in [0.1, 0.15) is 19.0 Å². The Morgan fingerprint density at radius 2 is 1.82 bits per heavy atom. The minimum absolute atomic E-state index is 0.0433. The zero-order valence-electron chi connectivity index (χ0n) is 17.4. The summed E-state index contributed by atoms with van der Waals surface area (Å²) in [6, 6.07) is 15.4. The number of carbonyl (C=O) groups is 2. The number of hydrogen-bond donors (Lipinski definition) is 1. The number of aliphatic hydroxyl groups excluding tert-OH is 1. The van der Waals surface area contributed by atoms with Gasteiger partial charge in [-0.2, -0.15) is 0 Å². The number of hydrogen-bond acceptors (Lipinski definition) is 6. The molecule has 1 amide bonds. The number of benzene rings is 2. The van der Waals surface area contributed by atoms with Gasteiger partial charge in [0.25, 0.3) is 11.7 Å². The van der Waals surface area contributed by atoms with Crippen LogP contribution in [-0.2, 0) is 16.1 Å². The van der Waals surface area contributed by atoms with Crippen LogP contribution in [0.4, 0.5) is 0 Å². The SMILES string of the molecule is O=C1C(=O)N(Cc2cccnc2)C(c2ccc(I)cc2)C1=C(O)c1ccc2c(c1)OCCO2. The third-order valence-electron chi connectivity index (χ3n) is 5.62. The van der Waals surface area contributed by atoms with Gasteiger partial charge in [-0.15, -0.1) is 0 Å². The smallest absolute Gasteiger partial charge is 0.295 e. The van der Waals surface area contributed by atoms with Gasteiger partial charge in [0.05, 0.1) is 11.6 Å². The minimum atomic E-state index is -0.740. The Bertz CT molecular complexity index is 1260. The van der Waals surface area contributed by atoms with Gasteiger partial charge in [0.2, 0.25) is 0 Å². The molecule has 1 saturated heterocycles. The lowest BCUT2D eigenvalue weighted by molar-refractivity contribution is -0.140. The van der Waals surface area contributed by atoms with Crippen LogP contribution in [0.1, 0.15) is 22.7 Å². The highest BCUT2D eigenvalue weighted by Gasteiger charge is 2.46. The van der Waals surface area contributed by atoms with Crippen LogP contribution < -0.4 is 9.47 Å². The molecule has 1 unspecified atom stereocenters.